The average molecular weight is 288 g/mol. The molecule has 1 aliphatic heterocycles. The van der Waals surface area contributed by atoms with Gasteiger partial charge >= 0.3 is 0 Å². The molecule has 0 bridgehead atoms. The molecule has 1 fully saturated rings. The van der Waals surface area contributed by atoms with Crippen molar-refractivity contribution in [3.05, 3.63) is 34.6 Å². The molecule has 2 rings (SSSR count). The maximum atomic E-state index is 13.5. The molecule has 1 N–H and O–H groups in total. The Morgan fingerprint density at radius 2 is 2.32 bits per heavy atom. The predicted octanol–water partition coefficient (Wildman–Crippen LogP) is 2.36. The van der Waals surface area contributed by atoms with E-state index in [0.717, 1.165) is 6.07 Å². The molecule has 0 saturated carbocycles. The maximum Gasteiger partial charge on any atom is 0.254 e. The maximum absolute atomic E-state index is 13.5. The normalized spacial score (nSPS) is 21.4. The number of carbonyl (C=O) groups excluding carboxylic acids is 1. The Labute approximate surface area is 115 Å². The van der Waals surface area contributed by atoms with Gasteiger partial charge in [0, 0.05) is 11.6 Å². The first-order chi connectivity index (χ1) is 8.87. The van der Waals surface area contributed by atoms with Crippen LogP contribution in [0.5, 0.6) is 0 Å². The summed E-state index contributed by atoms with van der Waals surface area (Å²) in [5, 5.41) is 2.87. The van der Waals surface area contributed by atoms with Crippen LogP contribution in [0.4, 0.5) is 4.39 Å². The molecule has 1 aliphatic rings. The van der Waals surface area contributed by atoms with Gasteiger partial charge in [0.25, 0.3) is 5.91 Å². The number of hydrogen-bond donors (Lipinski definition) is 1. The third kappa shape index (κ3) is 3.65. The van der Waals surface area contributed by atoms with Crippen LogP contribution in [-0.4, -0.2) is 30.9 Å². The van der Waals surface area contributed by atoms with Crippen LogP contribution in [0, 0.1) is 5.82 Å². The molecule has 1 amide bonds. The molecular weight excluding hydrogens is 273 g/mol. The van der Waals surface area contributed by atoms with Crippen molar-refractivity contribution in [1.82, 2.24) is 5.32 Å². The van der Waals surface area contributed by atoms with Crippen LogP contribution < -0.4 is 5.32 Å². The second kappa shape index (κ2) is 5.45. The first kappa shape index (κ1) is 14.2. The highest BCUT2D eigenvalue weighted by atomic mass is 35.5. The van der Waals surface area contributed by atoms with E-state index in [1.165, 1.54) is 12.1 Å². The SMILES string of the molecule is CC1(C)OCC(CNC(=O)c2ccc(Cl)cc2F)O1. The van der Waals surface area contributed by atoms with E-state index in [9.17, 15) is 9.18 Å². The second-order valence-electron chi connectivity index (χ2n) is 4.78. The zero-order valence-corrected chi connectivity index (χ0v) is 11.5. The fourth-order valence-electron chi connectivity index (χ4n) is 1.84. The van der Waals surface area contributed by atoms with Gasteiger partial charge in [-0.15, -0.1) is 0 Å². The number of rotatable bonds is 3. The van der Waals surface area contributed by atoms with Crippen LogP contribution in [0.1, 0.15) is 24.2 Å². The molecule has 0 aliphatic carbocycles. The molecule has 4 nitrogen and oxygen atoms in total. The van der Waals surface area contributed by atoms with Crippen molar-refractivity contribution in [2.75, 3.05) is 13.2 Å². The highest BCUT2D eigenvalue weighted by molar-refractivity contribution is 6.30. The fourth-order valence-corrected chi connectivity index (χ4v) is 2.00. The minimum Gasteiger partial charge on any atom is -0.349 e. The summed E-state index contributed by atoms with van der Waals surface area (Å²) in [7, 11) is 0. The monoisotopic (exact) mass is 287 g/mol. The average Bonchev–Trinajstić information content (AvgIpc) is 2.66. The standard InChI is InChI=1S/C13H15ClFNO3/c1-13(2)18-7-9(19-13)6-16-12(17)10-4-3-8(14)5-11(10)15/h3-5,9H,6-7H2,1-2H3,(H,16,17). The lowest BCUT2D eigenvalue weighted by atomic mass is 10.2. The van der Waals surface area contributed by atoms with Gasteiger partial charge in [-0.25, -0.2) is 4.39 Å². The number of nitrogens with one attached hydrogen (secondary N) is 1. The second-order valence-corrected chi connectivity index (χ2v) is 5.22. The lowest BCUT2D eigenvalue weighted by Crippen LogP contribution is -2.34. The highest BCUT2D eigenvalue weighted by Crippen LogP contribution is 2.21. The molecule has 1 atom stereocenters. The van der Waals surface area contributed by atoms with E-state index in [4.69, 9.17) is 21.1 Å². The van der Waals surface area contributed by atoms with Gasteiger partial charge < -0.3 is 14.8 Å². The fraction of sp³-hybridized carbons (Fsp3) is 0.462. The Hall–Kier alpha value is -1.17. The molecule has 6 heteroatoms. The highest BCUT2D eigenvalue weighted by Gasteiger charge is 2.32. The molecular formula is C13H15ClFNO3. The molecule has 1 heterocycles. The molecule has 0 radical (unpaired) electrons. The van der Waals surface area contributed by atoms with Gasteiger partial charge in [-0.3, -0.25) is 4.79 Å². The van der Waals surface area contributed by atoms with Crippen LogP contribution >= 0.6 is 11.6 Å². The molecule has 0 aromatic heterocycles. The summed E-state index contributed by atoms with van der Waals surface area (Å²) in [4.78, 5) is 11.8. The van der Waals surface area contributed by atoms with Gasteiger partial charge in [-0.2, -0.15) is 0 Å². The lowest BCUT2D eigenvalue weighted by molar-refractivity contribution is -0.137. The number of ether oxygens (including phenoxy) is 2. The van der Waals surface area contributed by atoms with E-state index in [0.29, 0.717) is 6.61 Å². The number of amides is 1. The largest absolute Gasteiger partial charge is 0.349 e. The molecule has 1 unspecified atom stereocenters. The van der Waals surface area contributed by atoms with Crippen LogP contribution in [0.25, 0.3) is 0 Å². The first-order valence-electron chi connectivity index (χ1n) is 5.92. The number of benzene rings is 1. The van der Waals surface area contributed by atoms with E-state index in [2.05, 4.69) is 5.32 Å². The Balaban J connectivity index is 1.91. The molecule has 104 valence electrons. The minimum absolute atomic E-state index is 0.0393. The summed E-state index contributed by atoms with van der Waals surface area (Å²) in [6.45, 7) is 4.27. The van der Waals surface area contributed by atoms with Gasteiger partial charge in [0.05, 0.1) is 12.2 Å². The summed E-state index contributed by atoms with van der Waals surface area (Å²) < 4.78 is 24.4. The van der Waals surface area contributed by atoms with Crippen molar-refractivity contribution in [3.63, 3.8) is 0 Å². The quantitative estimate of drug-likeness (QED) is 0.928. The first-order valence-corrected chi connectivity index (χ1v) is 6.30. The molecule has 1 aromatic rings. The topological polar surface area (TPSA) is 47.6 Å². The van der Waals surface area contributed by atoms with Crippen LogP contribution in [0.3, 0.4) is 0 Å². The van der Waals surface area contributed by atoms with Crippen molar-refractivity contribution >= 4 is 17.5 Å². The molecule has 1 saturated heterocycles. The summed E-state index contributed by atoms with van der Waals surface area (Å²) in [6, 6.07) is 3.93. The molecule has 1 aromatic carbocycles. The van der Waals surface area contributed by atoms with Gasteiger partial charge in [-0.1, -0.05) is 11.6 Å². The van der Waals surface area contributed by atoms with E-state index in [1.807, 2.05) is 0 Å². The third-order valence-electron chi connectivity index (χ3n) is 2.73. The third-order valence-corrected chi connectivity index (χ3v) is 2.97. The van der Waals surface area contributed by atoms with E-state index in [-0.39, 0.29) is 23.2 Å². The molecule has 19 heavy (non-hydrogen) atoms. The van der Waals surface area contributed by atoms with Crippen LogP contribution in [-0.2, 0) is 9.47 Å². The minimum atomic E-state index is -0.645. The summed E-state index contributed by atoms with van der Waals surface area (Å²) in [5.41, 5.74) is -0.0393. The van der Waals surface area contributed by atoms with Crippen LogP contribution in [0.2, 0.25) is 5.02 Å². The van der Waals surface area contributed by atoms with Crippen molar-refractivity contribution in [2.45, 2.75) is 25.7 Å². The van der Waals surface area contributed by atoms with Gasteiger partial charge in [0.1, 0.15) is 11.9 Å². The Kier molecular flexibility index (Phi) is 4.08. The van der Waals surface area contributed by atoms with Gasteiger partial charge in [-0.05, 0) is 32.0 Å². The van der Waals surface area contributed by atoms with E-state index in [1.54, 1.807) is 13.8 Å². The van der Waals surface area contributed by atoms with Crippen molar-refractivity contribution in [3.8, 4) is 0 Å². The zero-order valence-electron chi connectivity index (χ0n) is 10.7. The smallest absolute Gasteiger partial charge is 0.254 e. The van der Waals surface area contributed by atoms with Crippen molar-refractivity contribution in [1.29, 1.82) is 0 Å². The summed E-state index contributed by atoms with van der Waals surface area (Å²) in [5.74, 6) is -1.78. The summed E-state index contributed by atoms with van der Waals surface area (Å²) >= 11 is 5.63. The molecule has 0 spiro atoms. The summed E-state index contributed by atoms with van der Waals surface area (Å²) in [6.07, 6.45) is -0.227. The predicted molar refractivity (Wildman–Crippen MR) is 68.6 cm³/mol. The van der Waals surface area contributed by atoms with Gasteiger partial charge in [0.2, 0.25) is 0 Å². The Morgan fingerprint density at radius 1 is 1.58 bits per heavy atom. The number of hydrogen-bond acceptors (Lipinski definition) is 3. The lowest BCUT2D eigenvalue weighted by Gasteiger charge is -2.17. The van der Waals surface area contributed by atoms with Crippen molar-refractivity contribution < 1.29 is 18.7 Å². The Bertz CT molecular complexity index is 493. The van der Waals surface area contributed by atoms with Crippen LogP contribution in [0.15, 0.2) is 18.2 Å². The van der Waals surface area contributed by atoms with Crippen molar-refractivity contribution in [2.24, 2.45) is 0 Å². The van der Waals surface area contributed by atoms with E-state index < -0.39 is 17.5 Å². The number of carbonyl (C=O) groups is 1. The number of halogens is 2. The van der Waals surface area contributed by atoms with Gasteiger partial charge in [0.15, 0.2) is 5.79 Å². The Morgan fingerprint density at radius 3 is 2.89 bits per heavy atom. The van der Waals surface area contributed by atoms with E-state index >= 15 is 0 Å². The zero-order chi connectivity index (χ0) is 14.0.